The summed E-state index contributed by atoms with van der Waals surface area (Å²) >= 11 is 0. The molecule has 0 amide bonds. The van der Waals surface area contributed by atoms with Crippen LogP contribution in [0.2, 0.25) is 45.3 Å². The second-order valence-corrected chi connectivity index (χ2v) is 34.8. The van der Waals surface area contributed by atoms with Gasteiger partial charge in [0.2, 0.25) is 0 Å². The minimum Gasteiger partial charge on any atom is -0.415 e. The van der Waals surface area contributed by atoms with Crippen molar-refractivity contribution < 1.29 is 4.43 Å². The highest BCUT2D eigenvalue weighted by Gasteiger charge is 2.60. The molecule has 0 aromatic carbocycles. The van der Waals surface area contributed by atoms with E-state index in [4.69, 9.17) is 4.43 Å². The molecule has 0 N–H and O–H groups in total. The molecule has 0 aromatic rings. The largest absolute Gasteiger partial charge is 0.415 e. The van der Waals surface area contributed by atoms with Gasteiger partial charge in [0.1, 0.15) is 0 Å². The first-order chi connectivity index (χ1) is 6.97. The third-order valence-corrected chi connectivity index (χ3v) is 45.9. The van der Waals surface area contributed by atoms with E-state index in [1.165, 1.54) is 18.9 Å². The van der Waals surface area contributed by atoms with Gasteiger partial charge in [0.05, 0.1) is 12.7 Å². The smallest absolute Gasteiger partial charge is 0.172 e. The number of rotatable bonds is 2. The van der Waals surface area contributed by atoms with Gasteiger partial charge in [0.15, 0.2) is 7.83 Å². The normalized spacial score (nSPS) is 36.0. The second-order valence-electron chi connectivity index (χ2n) is 7.50. The fourth-order valence-electron chi connectivity index (χ4n) is 3.42. The summed E-state index contributed by atoms with van der Waals surface area (Å²) in [5.74, 6) is 0. The summed E-state index contributed by atoms with van der Waals surface area (Å²) in [5, 5.41) is 0. The molecular formula is C12H30OSi3. The first-order valence-electron chi connectivity index (χ1n) is 6.68. The van der Waals surface area contributed by atoms with Crippen LogP contribution in [0.4, 0.5) is 0 Å². The highest BCUT2D eigenvalue weighted by Crippen LogP contribution is 2.45. The molecular weight excluding hydrogens is 244 g/mol. The van der Waals surface area contributed by atoms with Crippen molar-refractivity contribution in [3.8, 4) is 0 Å². The lowest BCUT2D eigenvalue weighted by Crippen LogP contribution is -2.78. The van der Waals surface area contributed by atoms with E-state index in [0.29, 0.717) is 0 Å². The van der Waals surface area contributed by atoms with E-state index in [1.54, 1.807) is 0 Å². The lowest BCUT2D eigenvalue weighted by Gasteiger charge is -2.58. The number of hydrogen-bond donors (Lipinski definition) is 0. The van der Waals surface area contributed by atoms with Crippen LogP contribution in [0.15, 0.2) is 0 Å². The molecule has 1 rings (SSSR count). The standard InChI is InChI=1S/C12H30OSi3/c1-9-10-12(2)11-14(3,4)16(7,8)15(5,6)13-12/h9-11H2,1-8H3. The van der Waals surface area contributed by atoms with Crippen LogP contribution in [-0.2, 0) is 4.43 Å². The maximum absolute atomic E-state index is 6.69. The summed E-state index contributed by atoms with van der Waals surface area (Å²) in [6.07, 6.45) is 2.51. The van der Waals surface area contributed by atoms with Crippen LogP contribution in [0.5, 0.6) is 0 Å². The van der Waals surface area contributed by atoms with Crippen LogP contribution in [0.25, 0.3) is 0 Å². The molecule has 1 unspecified atom stereocenters. The summed E-state index contributed by atoms with van der Waals surface area (Å²) in [6, 6.07) is 1.39. The van der Waals surface area contributed by atoms with E-state index in [1.807, 2.05) is 0 Å². The van der Waals surface area contributed by atoms with Gasteiger partial charge in [-0.05, 0) is 32.5 Å². The van der Waals surface area contributed by atoms with Gasteiger partial charge in [0.25, 0.3) is 0 Å². The quantitative estimate of drug-likeness (QED) is 0.680. The Bertz CT molecular complexity index is 251. The highest BCUT2D eigenvalue weighted by molar-refractivity contribution is 7.67. The van der Waals surface area contributed by atoms with Gasteiger partial charge in [-0.25, -0.2) is 0 Å². The molecule has 1 aliphatic rings. The van der Waals surface area contributed by atoms with E-state index in [9.17, 15) is 0 Å². The fourth-order valence-corrected chi connectivity index (χ4v) is 34.2. The van der Waals surface area contributed by atoms with Crippen molar-refractivity contribution in [2.45, 2.75) is 77.6 Å². The lowest BCUT2D eigenvalue weighted by atomic mass is 10.0. The summed E-state index contributed by atoms with van der Waals surface area (Å²) in [6.45, 7) is 20.1. The summed E-state index contributed by atoms with van der Waals surface area (Å²) in [5.41, 5.74) is 0.211. The summed E-state index contributed by atoms with van der Waals surface area (Å²) < 4.78 is 6.69. The van der Waals surface area contributed by atoms with Gasteiger partial charge in [-0.3, -0.25) is 0 Å². The molecule has 1 nitrogen and oxygen atoms in total. The molecule has 1 aliphatic heterocycles. The Labute approximate surface area is 105 Å². The van der Waals surface area contributed by atoms with E-state index in [0.717, 1.165) is 0 Å². The molecule has 0 bridgehead atoms. The Hall–Kier alpha value is 0.611. The maximum Gasteiger partial charge on any atom is 0.172 e. The first-order valence-corrected chi connectivity index (χ1v) is 17.8. The maximum atomic E-state index is 6.69. The Balaban J connectivity index is 3.08. The average Bonchev–Trinajstić information content (AvgIpc) is 1.98. The van der Waals surface area contributed by atoms with Gasteiger partial charge < -0.3 is 4.43 Å². The SMILES string of the molecule is CCCC1(C)C[Si](C)(C)[Si](C)(C)[Si](C)(C)O1. The molecule has 1 saturated heterocycles. The third kappa shape index (κ3) is 2.26. The van der Waals surface area contributed by atoms with Crippen molar-refractivity contribution >= 4 is 22.5 Å². The minimum absolute atomic E-state index is 0.211. The molecule has 0 aromatic heterocycles. The van der Waals surface area contributed by atoms with Crippen LogP contribution in [0, 0.1) is 0 Å². The molecule has 1 fully saturated rings. The van der Waals surface area contributed by atoms with Crippen molar-refractivity contribution in [1.82, 2.24) is 0 Å². The van der Waals surface area contributed by atoms with Gasteiger partial charge >= 0.3 is 0 Å². The van der Waals surface area contributed by atoms with Crippen LogP contribution < -0.4 is 0 Å². The summed E-state index contributed by atoms with van der Waals surface area (Å²) in [4.78, 5) is 0. The topological polar surface area (TPSA) is 9.23 Å². The average molecular weight is 275 g/mol. The van der Waals surface area contributed by atoms with Crippen molar-refractivity contribution in [2.24, 2.45) is 0 Å². The predicted molar refractivity (Wildman–Crippen MR) is 81.7 cm³/mol. The molecule has 0 spiro atoms. The van der Waals surface area contributed by atoms with Crippen LogP contribution in [-0.4, -0.2) is 28.1 Å². The van der Waals surface area contributed by atoms with E-state index in [2.05, 4.69) is 53.1 Å². The van der Waals surface area contributed by atoms with E-state index >= 15 is 0 Å². The molecule has 1 heterocycles. The van der Waals surface area contributed by atoms with Gasteiger partial charge in [0, 0.05) is 7.59 Å². The monoisotopic (exact) mass is 274 g/mol. The van der Waals surface area contributed by atoms with Crippen LogP contribution in [0.1, 0.15) is 26.7 Å². The van der Waals surface area contributed by atoms with E-state index in [-0.39, 0.29) is 5.60 Å². The zero-order valence-electron chi connectivity index (χ0n) is 12.5. The van der Waals surface area contributed by atoms with Crippen molar-refractivity contribution in [2.75, 3.05) is 0 Å². The lowest BCUT2D eigenvalue weighted by molar-refractivity contribution is 0.0902. The third-order valence-electron chi connectivity index (χ3n) is 5.29. The first kappa shape index (κ1) is 14.7. The Morgan fingerprint density at radius 3 is 1.94 bits per heavy atom. The minimum atomic E-state index is -1.43. The molecule has 16 heavy (non-hydrogen) atoms. The Morgan fingerprint density at radius 2 is 1.56 bits per heavy atom. The molecule has 4 heteroatoms. The van der Waals surface area contributed by atoms with Crippen molar-refractivity contribution in [1.29, 1.82) is 0 Å². The van der Waals surface area contributed by atoms with Crippen molar-refractivity contribution in [3.05, 3.63) is 0 Å². The molecule has 96 valence electrons. The van der Waals surface area contributed by atoms with Gasteiger partial charge in [-0.1, -0.05) is 39.5 Å². The predicted octanol–water partition coefficient (Wildman–Crippen LogP) is 4.35. The molecule has 0 radical (unpaired) electrons. The second kappa shape index (κ2) is 4.07. The summed E-state index contributed by atoms with van der Waals surface area (Å²) in [7, 11) is -3.58. The zero-order chi connectivity index (χ0) is 12.8. The fraction of sp³-hybridized carbons (Fsp3) is 1.00. The van der Waals surface area contributed by atoms with Crippen LogP contribution >= 0.6 is 0 Å². The number of hydrogen-bond acceptors (Lipinski definition) is 1. The Kier molecular flexibility index (Phi) is 3.73. The van der Waals surface area contributed by atoms with Gasteiger partial charge in [-0.15, -0.1) is 0 Å². The Morgan fingerprint density at radius 1 is 1.06 bits per heavy atom. The van der Waals surface area contributed by atoms with E-state index < -0.39 is 22.5 Å². The highest BCUT2D eigenvalue weighted by atomic mass is 29.6. The molecule has 0 saturated carbocycles. The zero-order valence-corrected chi connectivity index (χ0v) is 15.5. The molecule has 0 aliphatic carbocycles. The van der Waals surface area contributed by atoms with Gasteiger partial charge in [-0.2, -0.15) is 0 Å². The van der Waals surface area contributed by atoms with Crippen molar-refractivity contribution in [3.63, 3.8) is 0 Å². The molecule has 1 atom stereocenters. The van der Waals surface area contributed by atoms with Crippen LogP contribution in [0.3, 0.4) is 0 Å².